The van der Waals surface area contributed by atoms with Gasteiger partial charge in [-0.2, -0.15) is 0 Å². The Morgan fingerprint density at radius 3 is 2.63 bits per heavy atom. The molecule has 3 heterocycles. The Morgan fingerprint density at radius 2 is 2.00 bits per heavy atom. The monoisotopic (exact) mass is 548 g/mol. The molecular formula is C30H48N2O5S. The van der Waals surface area contributed by atoms with E-state index in [2.05, 4.69) is 33.9 Å². The maximum absolute atomic E-state index is 14.3. The van der Waals surface area contributed by atoms with Crippen LogP contribution in [-0.4, -0.2) is 81.1 Å². The smallest absolute Gasteiger partial charge is 0.310 e. The number of carbonyl (C=O) groups is 3. The van der Waals surface area contributed by atoms with Crippen LogP contribution in [0.5, 0.6) is 0 Å². The molecule has 2 unspecified atom stereocenters. The third kappa shape index (κ3) is 6.16. The van der Waals surface area contributed by atoms with E-state index in [1.807, 2.05) is 11.0 Å². The molecule has 3 saturated heterocycles. The van der Waals surface area contributed by atoms with Crippen molar-refractivity contribution < 1.29 is 24.2 Å². The predicted octanol–water partition coefficient (Wildman–Crippen LogP) is 4.59. The first-order valence-corrected chi connectivity index (χ1v) is 15.4. The molecule has 8 heteroatoms. The van der Waals surface area contributed by atoms with E-state index in [0.717, 1.165) is 44.9 Å². The maximum atomic E-state index is 14.3. The Labute approximate surface area is 233 Å². The van der Waals surface area contributed by atoms with Gasteiger partial charge in [0.15, 0.2) is 0 Å². The number of unbranched alkanes of at least 4 members (excludes halogenated alkanes) is 4. The molecule has 0 aromatic carbocycles. The zero-order valence-corrected chi connectivity index (χ0v) is 24.4. The second-order valence-electron chi connectivity index (χ2n) is 11.5. The number of allylic oxidation sites excluding steroid dienone is 1. The minimum absolute atomic E-state index is 0.0207. The molecule has 2 amide bonds. The highest BCUT2D eigenvalue weighted by Gasteiger charge is 2.74. The number of fused-ring (bicyclic) bond motifs is 1. The number of ether oxygens (including phenoxy) is 1. The Balaban J connectivity index is 1.94. The largest absolute Gasteiger partial charge is 0.465 e. The normalized spacial score (nSPS) is 28.4. The summed E-state index contributed by atoms with van der Waals surface area (Å²) in [4.78, 5) is 45.5. The standard InChI is InChI=1S/C30H48N2O5S/c1-6-9-11-13-18-37-29(36)24-23-14-15-30(38-23)25(24)27(34)32(22(20-33)19-21(4)5)26(30)28(35)31(16-8-3)17-12-10-7-2/h6,8,21-26,33H,1,3,7,9-20H2,2,4-5H3/t22-,23-,24+,25+,26?,30?/m1/s1. The lowest BCUT2D eigenvalue weighted by atomic mass is 9.71. The Bertz CT molecular complexity index is 864. The number of aliphatic hydroxyl groups is 1. The van der Waals surface area contributed by atoms with Crippen molar-refractivity contribution in [2.45, 2.75) is 101 Å². The second-order valence-corrected chi connectivity index (χ2v) is 13.1. The third-order valence-corrected chi connectivity index (χ3v) is 10.3. The van der Waals surface area contributed by atoms with Crippen molar-refractivity contribution in [1.82, 2.24) is 9.80 Å². The van der Waals surface area contributed by atoms with Crippen molar-refractivity contribution in [1.29, 1.82) is 0 Å². The number of rotatable bonds is 17. The van der Waals surface area contributed by atoms with Gasteiger partial charge in [0.2, 0.25) is 11.8 Å². The van der Waals surface area contributed by atoms with E-state index in [1.54, 1.807) is 22.7 Å². The fourth-order valence-corrected chi connectivity index (χ4v) is 8.87. The molecule has 3 fully saturated rings. The molecule has 38 heavy (non-hydrogen) atoms. The van der Waals surface area contributed by atoms with Gasteiger partial charge in [0.25, 0.3) is 0 Å². The number of aliphatic hydroxyl groups excluding tert-OH is 1. The molecule has 2 bridgehead atoms. The van der Waals surface area contributed by atoms with E-state index in [-0.39, 0.29) is 35.6 Å². The maximum Gasteiger partial charge on any atom is 0.310 e. The SMILES string of the molecule is C=CCCCCOC(=O)[C@@H]1[C@H]2C(=O)N([C@@H](CO)CC(C)C)C(C(=O)N(CC=C)CCCCC)C23CC[C@H]1S3. The van der Waals surface area contributed by atoms with Gasteiger partial charge >= 0.3 is 5.97 Å². The molecule has 3 aliphatic rings. The number of nitrogens with zero attached hydrogens (tertiary/aromatic N) is 2. The minimum Gasteiger partial charge on any atom is -0.465 e. The van der Waals surface area contributed by atoms with Crippen LogP contribution in [0.25, 0.3) is 0 Å². The first kappa shape index (κ1) is 30.7. The number of likely N-dealkylation sites (tertiary alicyclic amines) is 1. The molecule has 0 radical (unpaired) electrons. The van der Waals surface area contributed by atoms with Crippen LogP contribution < -0.4 is 0 Å². The lowest BCUT2D eigenvalue weighted by molar-refractivity contribution is -0.154. The zero-order valence-electron chi connectivity index (χ0n) is 23.6. The van der Waals surface area contributed by atoms with E-state index in [1.165, 1.54) is 0 Å². The van der Waals surface area contributed by atoms with E-state index < -0.39 is 28.7 Å². The number of amides is 2. The van der Waals surface area contributed by atoms with Crippen LogP contribution in [-0.2, 0) is 19.1 Å². The van der Waals surface area contributed by atoms with Crippen LogP contribution >= 0.6 is 11.8 Å². The quantitative estimate of drug-likeness (QED) is 0.163. The van der Waals surface area contributed by atoms with Gasteiger partial charge in [-0.05, 0) is 50.9 Å². The fraction of sp³-hybridized carbons (Fsp3) is 0.767. The number of carbonyl (C=O) groups excluding carboxylic acids is 3. The highest BCUT2D eigenvalue weighted by molar-refractivity contribution is 8.02. The van der Waals surface area contributed by atoms with Crippen LogP contribution in [0.15, 0.2) is 25.3 Å². The summed E-state index contributed by atoms with van der Waals surface area (Å²) in [5.41, 5.74) is 0. The summed E-state index contributed by atoms with van der Waals surface area (Å²) in [5, 5.41) is 10.4. The van der Waals surface area contributed by atoms with Gasteiger partial charge in [-0.1, -0.05) is 45.8 Å². The van der Waals surface area contributed by atoms with Crippen LogP contribution in [0.2, 0.25) is 0 Å². The van der Waals surface area contributed by atoms with Gasteiger partial charge in [0.1, 0.15) is 6.04 Å². The number of esters is 1. The second kappa shape index (κ2) is 14.0. The molecule has 0 aromatic rings. The average Bonchev–Trinajstić information content (AvgIpc) is 3.53. The first-order valence-electron chi connectivity index (χ1n) is 14.5. The molecule has 1 N–H and O–H groups in total. The van der Waals surface area contributed by atoms with Gasteiger partial charge in [-0.25, -0.2) is 0 Å². The lowest BCUT2D eigenvalue weighted by Gasteiger charge is -2.40. The Hall–Kier alpha value is -1.80. The third-order valence-electron chi connectivity index (χ3n) is 8.33. The molecule has 0 aromatic heterocycles. The summed E-state index contributed by atoms with van der Waals surface area (Å²) in [6.45, 7) is 15.0. The van der Waals surface area contributed by atoms with E-state index in [0.29, 0.717) is 32.5 Å². The van der Waals surface area contributed by atoms with E-state index >= 15 is 0 Å². The molecule has 0 saturated carbocycles. The van der Waals surface area contributed by atoms with Gasteiger partial charge in [-0.3, -0.25) is 14.4 Å². The van der Waals surface area contributed by atoms with Crippen molar-refractivity contribution in [3.8, 4) is 0 Å². The highest BCUT2D eigenvalue weighted by Crippen LogP contribution is 2.67. The summed E-state index contributed by atoms with van der Waals surface area (Å²) in [6, 6.07) is -1.16. The molecule has 7 nitrogen and oxygen atoms in total. The molecule has 0 aliphatic carbocycles. The van der Waals surface area contributed by atoms with Crippen molar-refractivity contribution in [3.63, 3.8) is 0 Å². The van der Waals surface area contributed by atoms with Gasteiger partial charge < -0.3 is 19.6 Å². The topological polar surface area (TPSA) is 87.1 Å². The van der Waals surface area contributed by atoms with Gasteiger partial charge in [-0.15, -0.1) is 24.9 Å². The molecule has 214 valence electrons. The molecule has 3 aliphatic heterocycles. The first-order chi connectivity index (χ1) is 18.3. The molecule has 1 spiro atoms. The molecular weight excluding hydrogens is 500 g/mol. The lowest BCUT2D eigenvalue weighted by Crippen LogP contribution is -2.57. The van der Waals surface area contributed by atoms with E-state index in [4.69, 9.17) is 4.74 Å². The highest BCUT2D eigenvalue weighted by atomic mass is 32.2. The van der Waals surface area contributed by atoms with Crippen molar-refractivity contribution in [2.24, 2.45) is 17.8 Å². The summed E-state index contributed by atoms with van der Waals surface area (Å²) in [7, 11) is 0. The van der Waals surface area contributed by atoms with Gasteiger partial charge in [0, 0.05) is 18.3 Å². The van der Waals surface area contributed by atoms with E-state index in [9.17, 15) is 19.5 Å². The number of thioether (sulfide) groups is 1. The Morgan fingerprint density at radius 1 is 1.24 bits per heavy atom. The van der Waals surface area contributed by atoms with Crippen LogP contribution in [0.3, 0.4) is 0 Å². The number of hydrogen-bond acceptors (Lipinski definition) is 6. The zero-order chi connectivity index (χ0) is 27.9. The van der Waals surface area contributed by atoms with Crippen molar-refractivity contribution in [2.75, 3.05) is 26.3 Å². The summed E-state index contributed by atoms with van der Waals surface area (Å²) in [5.74, 6) is -1.47. The van der Waals surface area contributed by atoms with Crippen LogP contribution in [0.1, 0.15) is 78.6 Å². The summed E-state index contributed by atoms with van der Waals surface area (Å²) in [6.07, 6.45) is 11.2. The average molecular weight is 549 g/mol. The number of hydrogen-bond donors (Lipinski definition) is 1. The van der Waals surface area contributed by atoms with Crippen LogP contribution in [0.4, 0.5) is 0 Å². The van der Waals surface area contributed by atoms with Gasteiger partial charge in [0.05, 0.1) is 35.8 Å². The minimum atomic E-state index is -0.696. The molecule has 3 rings (SSSR count). The van der Waals surface area contributed by atoms with Crippen molar-refractivity contribution in [3.05, 3.63) is 25.3 Å². The van der Waals surface area contributed by atoms with Crippen molar-refractivity contribution >= 4 is 29.5 Å². The Kier molecular flexibility index (Phi) is 11.3. The summed E-state index contributed by atoms with van der Waals surface area (Å²) >= 11 is 1.66. The predicted molar refractivity (Wildman–Crippen MR) is 153 cm³/mol. The summed E-state index contributed by atoms with van der Waals surface area (Å²) < 4.78 is 5.03. The fourth-order valence-electron chi connectivity index (χ4n) is 6.68. The molecule has 6 atom stereocenters. The van der Waals surface area contributed by atoms with Crippen LogP contribution in [0, 0.1) is 17.8 Å².